The molecule has 10 heavy (non-hydrogen) atoms. The molecule has 0 atom stereocenters. The molecule has 0 heterocycles. The van der Waals surface area contributed by atoms with Crippen LogP contribution in [-0.2, 0) is 0 Å². The summed E-state index contributed by atoms with van der Waals surface area (Å²) < 4.78 is 0. The monoisotopic (exact) mass is 214 g/mol. The molecule has 0 saturated carbocycles. The molecule has 0 spiro atoms. The first-order valence-electron chi connectivity index (χ1n) is 3.42. The van der Waals surface area contributed by atoms with Crippen LogP contribution in [0.2, 0.25) is 0 Å². The van der Waals surface area contributed by atoms with E-state index >= 15 is 0 Å². The summed E-state index contributed by atoms with van der Waals surface area (Å²) in [6, 6.07) is 0. The van der Waals surface area contributed by atoms with Gasteiger partial charge < -0.3 is 0 Å². The van der Waals surface area contributed by atoms with Crippen LogP contribution >= 0.6 is 44.0 Å². The van der Waals surface area contributed by atoms with E-state index in [4.69, 9.17) is 0 Å². The fraction of sp³-hybridized carbons (Fsp3) is 1.00. The van der Waals surface area contributed by atoms with Gasteiger partial charge in [0.15, 0.2) is 0 Å². The Labute approximate surface area is 80.9 Å². The average molecular weight is 214 g/mol. The van der Waals surface area contributed by atoms with Crippen LogP contribution in [0.5, 0.6) is 0 Å². The van der Waals surface area contributed by atoms with E-state index in [0.717, 1.165) is 5.08 Å². The summed E-state index contributed by atoms with van der Waals surface area (Å²) in [4.78, 5) is 0. The smallest absolute Gasteiger partial charge is 0.0597 e. The highest BCUT2D eigenvalue weighted by Crippen LogP contribution is 2.27. The minimum Gasteiger partial charge on any atom is -0.110 e. The van der Waals surface area contributed by atoms with Crippen LogP contribution in [0, 0.1) is 0 Å². The van der Waals surface area contributed by atoms with E-state index in [1.165, 1.54) is 25.0 Å². The quantitative estimate of drug-likeness (QED) is 0.293. The van der Waals surface area contributed by atoms with Gasteiger partial charge >= 0.3 is 0 Å². The van der Waals surface area contributed by atoms with Gasteiger partial charge in [0.1, 0.15) is 0 Å². The van der Waals surface area contributed by atoms with Crippen molar-refractivity contribution in [1.29, 1.82) is 0 Å². The van der Waals surface area contributed by atoms with Crippen LogP contribution in [0.15, 0.2) is 0 Å². The lowest BCUT2D eigenvalue weighted by molar-refractivity contribution is 0.780. The Hall–Kier alpha value is 1.40. The maximum Gasteiger partial charge on any atom is 0.0597 e. The van der Waals surface area contributed by atoms with Gasteiger partial charge in [0, 0.05) is 5.75 Å². The summed E-state index contributed by atoms with van der Waals surface area (Å²) in [5.41, 5.74) is 0. The maximum atomic E-state index is 4.05. The predicted octanol–water partition coefficient (Wildman–Crippen LogP) is 4.09. The Balaban J connectivity index is 2.65. The summed E-state index contributed by atoms with van der Waals surface area (Å²) in [5, 5.41) is 1.10. The highest BCUT2D eigenvalue weighted by Gasteiger charge is 1.88. The Morgan fingerprint density at radius 3 is 2.60 bits per heavy atom. The van der Waals surface area contributed by atoms with Crippen molar-refractivity contribution in [3.63, 3.8) is 0 Å². The maximum absolute atomic E-state index is 4.05. The van der Waals surface area contributed by atoms with Crippen molar-refractivity contribution in [2.45, 2.75) is 26.2 Å². The number of rotatable bonds is 7. The van der Waals surface area contributed by atoms with Gasteiger partial charge in [-0.15, -0.1) is 11.7 Å². The van der Waals surface area contributed by atoms with Crippen LogP contribution in [-0.4, -0.2) is 10.8 Å². The molecule has 0 N–H and O–H groups in total. The second-order valence-electron chi connectivity index (χ2n) is 1.89. The first-order valence-corrected chi connectivity index (χ1v) is 7.95. The summed E-state index contributed by atoms with van der Waals surface area (Å²) in [6.07, 6.45) is 4.07. The third-order valence-electron chi connectivity index (χ3n) is 1.02. The van der Waals surface area contributed by atoms with Crippen molar-refractivity contribution in [3.05, 3.63) is 0 Å². The van der Waals surface area contributed by atoms with Gasteiger partial charge in [-0.1, -0.05) is 52.1 Å². The second-order valence-corrected chi connectivity index (χ2v) is 6.16. The highest BCUT2D eigenvalue weighted by molar-refractivity contribution is 8.82. The van der Waals surface area contributed by atoms with E-state index in [9.17, 15) is 0 Å². The summed E-state index contributed by atoms with van der Waals surface area (Å²) in [5.74, 6) is 1.30. The van der Waals surface area contributed by atoms with Gasteiger partial charge in [-0.3, -0.25) is 0 Å². The first kappa shape index (κ1) is 11.4. The SMILES string of the molecule is CCCCCSSCSS. The second kappa shape index (κ2) is 10.4. The molecule has 0 bridgehead atoms. The van der Waals surface area contributed by atoms with Crippen LogP contribution < -0.4 is 0 Å². The molecule has 0 aliphatic rings. The average Bonchev–Trinajstić information content (AvgIpc) is 1.97. The van der Waals surface area contributed by atoms with Crippen LogP contribution in [0.4, 0.5) is 0 Å². The van der Waals surface area contributed by atoms with Crippen LogP contribution in [0.25, 0.3) is 0 Å². The molecular formula is C6H14S4. The van der Waals surface area contributed by atoms with Crippen molar-refractivity contribution >= 4 is 44.0 Å². The molecule has 0 radical (unpaired) electrons. The number of thiol groups is 1. The van der Waals surface area contributed by atoms with E-state index in [1.807, 2.05) is 21.6 Å². The van der Waals surface area contributed by atoms with E-state index in [2.05, 4.69) is 18.6 Å². The lowest BCUT2D eigenvalue weighted by atomic mass is 10.3. The lowest BCUT2D eigenvalue weighted by Crippen LogP contribution is -1.75. The molecule has 62 valence electrons. The van der Waals surface area contributed by atoms with Gasteiger partial charge in [0.05, 0.1) is 5.08 Å². The summed E-state index contributed by atoms with van der Waals surface area (Å²) in [6.45, 7) is 2.24. The number of unbranched alkanes of at least 4 members (excludes halogenated alkanes) is 2. The molecule has 0 fully saturated rings. The van der Waals surface area contributed by atoms with Gasteiger partial charge in [0.25, 0.3) is 0 Å². The molecule has 0 rings (SSSR count). The molecule has 0 nitrogen and oxygen atoms in total. The summed E-state index contributed by atoms with van der Waals surface area (Å²) in [7, 11) is 5.47. The Morgan fingerprint density at radius 1 is 1.20 bits per heavy atom. The van der Waals surface area contributed by atoms with E-state index < -0.39 is 0 Å². The molecule has 0 aliphatic carbocycles. The standard InChI is InChI=1S/C6H14S4/c1-2-3-4-5-9-10-6-8-7/h7H,2-6H2,1H3. The van der Waals surface area contributed by atoms with Crippen molar-refractivity contribution < 1.29 is 0 Å². The van der Waals surface area contributed by atoms with Crippen molar-refractivity contribution in [3.8, 4) is 0 Å². The predicted molar refractivity (Wildman–Crippen MR) is 61.0 cm³/mol. The van der Waals surface area contributed by atoms with Crippen molar-refractivity contribution in [2.75, 3.05) is 10.8 Å². The Kier molecular flexibility index (Phi) is 11.9. The third kappa shape index (κ3) is 9.40. The highest BCUT2D eigenvalue weighted by atomic mass is 33.1. The molecule has 0 aromatic carbocycles. The van der Waals surface area contributed by atoms with Crippen molar-refractivity contribution in [2.24, 2.45) is 0 Å². The van der Waals surface area contributed by atoms with E-state index in [0.29, 0.717) is 0 Å². The normalized spacial score (nSPS) is 10.2. The van der Waals surface area contributed by atoms with Crippen LogP contribution in [0.1, 0.15) is 26.2 Å². The Morgan fingerprint density at radius 2 is 2.00 bits per heavy atom. The zero-order chi connectivity index (χ0) is 7.66. The summed E-state index contributed by atoms with van der Waals surface area (Å²) >= 11 is 4.05. The van der Waals surface area contributed by atoms with Gasteiger partial charge in [-0.25, -0.2) is 0 Å². The fourth-order valence-electron chi connectivity index (χ4n) is 0.525. The zero-order valence-electron chi connectivity index (χ0n) is 6.21. The zero-order valence-corrected chi connectivity index (χ0v) is 9.55. The molecule has 0 aromatic heterocycles. The lowest BCUT2D eigenvalue weighted by Gasteiger charge is -1.96. The van der Waals surface area contributed by atoms with Crippen molar-refractivity contribution in [1.82, 2.24) is 0 Å². The molecule has 0 aliphatic heterocycles. The van der Waals surface area contributed by atoms with Gasteiger partial charge in [0.2, 0.25) is 0 Å². The van der Waals surface area contributed by atoms with Crippen LogP contribution in [0.3, 0.4) is 0 Å². The van der Waals surface area contributed by atoms with E-state index in [-0.39, 0.29) is 0 Å². The number of hydrogen-bond donors (Lipinski definition) is 1. The largest absolute Gasteiger partial charge is 0.110 e. The molecule has 0 amide bonds. The minimum atomic E-state index is 1.10. The van der Waals surface area contributed by atoms with E-state index in [1.54, 1.807) is 10.8 Å². The minimum absolute atomic E-state index is 1.10. The number of hydrogen-bond acceptors (Lipinski definition) is 4. The molecule has 4 heteroatoms. The molecule has 0 saturated heterocycles. The third-order valence-corrected chi connectivity index (χ3v) is 5.26. The topological polar surface area (TPSA) is 0 Å². The molecular weight excluding hydrogens is 200 g/mol. The van der Waals surface area contributed by atoms with Gasteiger partial charge in [-0.05, 0) is 6.42 Å². The fourth-order valence-corrected chi connectivity index (χ4v) is 4.28. The Bertz CT molecular complexity index is 49.7. The molecule has 0 unspecified atom stereocenters. The molecule has 0 aromatic rings. The van der Waals surface area contributed by atoms with Gasteiger partial charge in [-0.2, -0.15) is 0 Å². The first-order chi connectivity index (χ1) is 4.91.